The van der Waals surface area contributed by atoms with Gasteiger partial charge in [0.05, 0.1) is 26.3 Å². The molecule has 0 spiro atoms. The Balaban J connectivity index is 2.68. The van der Waals surface area contributed by atoms with E-state index in [-0.39, 0.29) is 17.4 Å². The van der Waals surface area contributed by atoms with Crippen molar-refractivity contribution in [3.05, 3.63) is 16.1 Å². The molecule has 1 aromatic heterocycles. The second-order valence-corrected chi connectivity index (χ2v) is 3.25. The Morgan fingerprint density at radius 2 is 2.14 bits per heavy atom. The fraction of sp³-hybridized carbons (Fsp3) is 0.375. The maximum atomic E-state index is 11.0. The average Bonchev–Trinajstić information content (AvgIpc) is 2.65. The van der Waals surface area contributed by atoms with Crippen LogP contribution in [0.2, 0.25) is 0 Å². The van der Waals surface area contributed by atoms with E-state index in [1.54, 1.807) is 5.38 Å². The van der Waals surface area contributed by atoms with Gasteiger partial charge in [-0.2, -0.15) is 0 Å². The highest BCUT2D eigenvalue weighted by Crippen LogP contribution is 2.11. The van der Waals surface area contributed by atoms with E-state index in [1.807, 2.05) is 0 Å². The molecule has 0 aliphatic carbocycles. The van der Waals surface area contributed by atoms with Gasteiger partial charge in [0, 0.05) is 5.38 Å². The van der Waals surface area contributed by atoms with E-state index in [9.17, 15) is 9.59 Å². The van der Waals surface area contributed by atoms with Crippen LogP contribution in [0.5, 0.6) is 0 Å². The number of rotatable bonds is 3. The van der Waals surface area contributed by atoms with Crippen LogP contribution in [0.1, 0.15) is 15.5 Å². The number of carbonyl (C=O) groups excluding carboxylic acids is 2. The number of nitrogens with zero attached hydrogens (tertiary/aromatic N) is 1. The Bertz CT molecular complexity index is 347. The maximum Gasteiger partial charge on any atom is 0.367 e. The molecule has 0 amide bonds. The molecule has 0 fully saturated rings. The zero-order chi connectivity index (χ0) is 10.6. The monoisotopic (exact) mass is 215 g/mol. The molecule has 0 aromatic carbocycles. The van der Waals surface area contributed by atoms with Crippen molar-refractivity contribution in [2.45, 2.75) is 6.42 Å². The summed E-state index contributed by atoms with van der Waals surface area (Å²) >= 11 is 1.14. The largest absolute Gasteiger partial charge is 0.469 e. The first-order valence-electron chi connectivity index (χ1n) is 3.77. The van der Waals surface area contributed by atoms with Crippen LogP contribution in [0.25, 0.3) is 0 Å². The van der Waals surface area contributed by atoms with Gasteiger partial charge in [-0.05, 0) is 0 Å². The van der Waals surface area contributed by atoms with Gasteiger partial charge in [0.15, 0.2) is 0 Å². The summed E-state index contributed by atoms with van der Waals surface area (Å²) in [4.78, 5) is 25.8. The Morgan fingerprint density at radius 3 is 2.71 bits per heavy atom. The molecule has 0 unspecified atom stereocenters. The predicted octanol–water partition coefficient (Wildman–Crippen LogP) is 0.645. The highest BCUT2D eigenvalue weighted by molar-refractivity contribution is 7.11. The highest BCUT2D eigenvalue weighted by Gasteiger charge is 2.12. The number of hydrogen-bond acceptors (Lipinski definition) is 6. The molecule has 0 aliphatic rings. The first kappa shape index (κ1) is 10.6. The number of hydrogen-bond donors (Lipinski definition) is 0. The van der Waals surface area contributed by atoms with Gasteiger partial charge in [-0.1, -0.05) is 0 Å². The average molecular weight is 215 g/mol. The summed E-state index contributed by atoms with van der Waals surface area (Å²) in [6, 6.07) is 0. The van der Waals surface area contributed by atoms with Crippen molar-refractivity contribution in [3.63, 3.8) is 0 Å². The third-order valence-corrected chi connectivity index (χ3v) is 2.34. The summed E-state index contributed by atoms with van der Waals surface area (Å²) in [6.07, 6.45) is 0.0734. The standard InChI is InChI=1S/C8H9NO4S/c1-12-6(10)3-5-4-14-7(9-5)8(11)13-2/h4H,3H2,1-2H3. The molecule has 0 saturated carbocycles. The highest BCUT2D eigenvalue weighted by atomic mass is 32.1. The van der Waals surface area contributed by atoms with Crippen LogP contribution >= 0.6 is 11.3 Å². The Labute approximate surface area is 84.7 Å². The van der Waals surface area contributed by atoms with Crippen LogP contribution in [-0.4, -0.2) is 31.1 Å². The summed E-state index contributed by atoms with van der Waals surface area (Å²) in [5.41, 5.74) is 0.516. The molecule has 6 heteroatoms. The molecule has 1 rings (SSSR count). The van der Waals surface area contributed by atoms with Crippen LogP contribution in [0.3, 0.4) is 0 Å². The number of aromatic nitrogens is 1. The molecule has 76 valence electrons. The first-order valence-corrected chi connectivity index (χ1v) is 4.65. The number of carbonyl (C=O) groups is 2. The third kappa shape index (κ3) is 2.53. The smallest absolute Gasteiger partial charge is 0.367 e. The van der Waals surface area contributed by atoms with Crippen molar-refractivity contribution in [2.24, 2.45) is 0 Å². The van der Waals surface area contributed by atoms with Gasteiger partial charge in [-0.25, -0.2) is 9.78 Å². The molecule has 0 bridgehead atoms. The van der Waals surface area contributed by atoms with Gasteiger partial charge in [-0.15, -0.1) is 11.3 Å². The van der Waals surface area contributed by atoms with Crippen LogP contribution in [0, 0.1) is 0 Å². The zero-order valence-corrected chi connectivity index (χ0v) is 8.59. The summed E-state index contributed by atoms with van der Waals surface area (Å²) in [5, 5.41) is 1.87. The lowest BCUT2D eigenvalue weighted by molar-refractivity contribution is -0.139. The molecule has 0 saturated heterocycles. The fourth-order valence-electron chi connectivity index (χ4n) is 0.789. The number of ether oxygens (including phenoxy) is 2. The number of esters is 2. The van der Waals surface area contributed by atoms with Crippen molar-refractivity contribution in [3.8, 4) is 0 Å². The maximum absolute atomic E-state index is 11.0. The minimum Gasteiger partial charge on any atom is -0.469 e. The summed E-state index contributed by atoms with van der Waals surface area (Å²) < 4.78 is 8.93. The van der Waals surface area contributed by atoms with Gasteiger partial charge >= 0.3 is 11.9 Å². The van der Waals surface area contributed by atoms with Gasteiger partial charge in [0.25, 0.3) is 0 Å². The van der Waals surface area contributed by atoms with Crippen molar-refractivity contribution in [1.29, 1.82) is 0 Å². The van der Waals surface area contributed by atoms with E-state index in [0.29, 0.717) is 5.69 Å². The van der Waals surface area contributed by atoms with Crippen LogP contribution < -0.4 is 0 Å². The minimum atomic E-state index is -0.494. The molecule has 14 heavy (non-hydrogen) atoms. The van der Waals surface area contributed by atoms with Gasteiger partial charge in [0.1, 0.15) is 0 Å². The normalized spacial score (nSPS) is 9.57. The van der Waals surface area contributed by atoms with E-state index < -0.39 is 5.97 Å². The van der Waals surface area contributed by atoms with Crippen molar-refractivity contribution in [2.75, 3.05) is 14.2 Å². The lowest BCUT2D eigenvalue weighted by Crippen LogP contribution is -2.06. The van der Waals surface area contributed by atoms with E-state index >= 15 is 0 Å². The number of methoxy groups -OCH3 is 2. The van der Waals surface area contributed by atoms with Crippen LogP contribution in [0.4, 0.5) is 0 Å². The summed E-state index contributed by atoms with van der Waals surface area (Å²) in [5.74, 6) is -0.877. The Kier molecular flexibility index (Phi) is 3.58. The molecule has 5 nitrogen and oxygen atoms in total. The van der Waals surface area contributed by atoms with E-state index in [0.717, 1.165) is 11.3 Å². The molecule has 0 N–H and O–H groups in total. The SMILES string of the molecule is COC(=O)Cc1csc(C(=O)OC)n1. The van der Waals surface area contributed by atoms with E-state index in [1.165, 1.54) is 14.2 Å². The summed E-state index contributed by atoms with van der Waals surface area (Å²) in [7, 11) is 2.58. The lowest BCUT2D eigenvalue weighted by atomic mass is 10.3. The Hall–Kier alpha value is -1.43. The van der Waals surface area contributed by atoms with Crippen molar-refractivity contribution < 1.29 is 19.1 Å². The minimum absolute atomic E-state index is 0.0734. The first-order chi connectivity index (χ1) is 6.67. The van der Waals surface area contributed by atoms with Gasteiger partial charge in [0.2, 0.25) is 5.01 Å². The topological polar surface area (TPSA) is 65.5 Å². The van der Waals surface area contributed by atoms with E-state index in [4.69, 9.17) is 0 Å². The molecule has 0 atom stereocenters. The van der Waals surface area contributed by atoms with Crippen LogP contribution in [0.15, 0.2) is 5.38 Å². The third-order valence-electron chi connectivity index (χ3n) is 1.46. The van der Waals surface area contributed by atoms with Gasteiger partial charge in [-0.3, -0.25) is 4.79 Å². The van der Waals surface area contributed by atoms with Crippen molar-refractivity contribution in [1.82, 2.24) is 4.98 Å². The molecule has 0 aliphatic heterocycles. The second-order valence-electron chi connectivity index (χ2n) is 2.39. The van der Waals surface area contributed by atoms with Gasteiger partial charge < -0.3 is 9.47 Å². The fourth-order valence-corrected chi connectivity index (χ4v) is 1.52. The van der Waals surface area contributed by atoms with Crippen LogP contribution in [-0.2, 0) is 20.7 Å². The second kappa shape index (κ2) is 4.71. The summed E-state index contributed by atoms with van der Waals surface area (Å²) in [6.45, 7) is 0. The molecular formula is C8H9NO4S. The molecule has 0 radical (unpaired) electrons. The quantitative estimate of drug-likeness (QED) is 0.692. The predicted molar refractivity (Wildman–Crippen MR) is 49.2 cm³/mol. The molecule has 1 heterocycles. The molecular weight excluding hydrogens is 206 g/mol. The Morgan fingerprint density at radius 1 is 1.43 bits per heavy atom. The van der Waals surface area contributed by atoms with Crippen molar-refractivity contribution >= 4 is 23.3 Å². The van der Waals surface area contributed by atoms with E-state index in [2.05, 4.69) is 14.5 Å². The lowest BCUT2D eigenvalue weighted by Gasteiger charge is -1.94. The molecule has 1 aromatic rings. The number of thiazole rings is 1. The zero-order valence-electron chi connectivity index (χ0n) is 7.77.